The fraction of sp³-hybridized carbons (Fsp3) is 0.250. The lowest BCUT2D eigenvalue weighted by Crippen LogP contribution is -2.34. The Labute approximate surface area is 205 Å². The first-order valence-electron chi connectivity index (χ1n) is 10.5. The quantitative estimate of drug-likeness (QED) is 0.221. The molecule has 0 N–H and O–H groups in total. The molecule has 0 aliphatic rings. The Kier molecular flexibility index (Phi) is 6.63. The van der Waals surface area contributed by atoms with E-state index in [1.807, 2.05) is 56.6 Å². The van der Waals surface area contributed by atoms with Gasteiger partial charge >= 0.3 is 6.09 Å². The fourth-order valence-corrected chi connectivity index (χ4v) is 5.16. The van der Waals surface area contributed by atoms with E-state index in [1.54, 1.807) is 25.2 Å². The molecule has 0 radical (unpaired) electrons. The molecule has 0 spiro atoms. The summed E-state index contributed by atoms with van der Waals surface area (Å²) in [6.07, 6.45) is 1.56. The summed E-state index contributed by atoms with van der Waals surface area (Å²) < 4.78 is 12.0. The van der Waals surface area contributed by atoms with Crippen molar-refractivity contribution in [3.63, 3.8) is 0 Å². The molecule has 0 saturated carbocycles. The van der Waals surface area contributed by atoms with Gasteiger partial charge in [-0.25, -0.2) is 4.79 Å². The molecule has 1 amide bonds. The predicted octanol–water partition coefficient (Wildman–Crippen LogP) is 6.58. The lowest BCUT2D eigenvalue weighted by molar-refractivity contribution is -0.387. The van der Waals surface area contributed by atoms with Crippen LogP contribution in [-0.2, 0) is 11.3 Å². The number of ether oxygens (including phenoxy) is 1. The van der Waals surface area contributed by atoms with Crippen molar-refractivity contribution in [2.45, 2.75) is 42.8 Å². The standard InChI is InChI=1S/C24H24N4O4S2/c1-24(2,3)32-23(29)26(4)18-10-9-16-11-12-27(20(16)13-18)14-17-15-33-25-22(17)34-21-8-6-5-7-19(21)28(30)31/h5-13,15H,14H2,1-4H3. The molecule has 2 aromatic carbocycles. The fourth-order valence-electron chi connectivity index (χ4n) is 3.37. The number of rotatable bonds is 6. The number of fused-ring (bicyclic) bond motifs is 1. The van der Waals surface area contributed by atoms with Gasteiger partial charge in [-0.05, 0) is 62.0 Å². The van der Waals surface area contributed by atoms with E-state index in [2.05, 4.69) is 8.94 Å². The van der Waals surface area contributed by atoms with Crippen molar-refractivity contribution in [2.75, 3.05) is 11.9 Å². The maximum atomic E-state index is 12.5. The molecule has 4 aromatic rings. The normalized spacial score (nSPS) is 11.5. The highest BCUT2D eigenvalue weighted by Crippen LogP contribution is 2.37. The lowest BCUT2D eigenvalue weighted by Gasteiger charge is -2.24. The minimum absolute atomic E-state index is 0.0627. The van der Waals surface area contributed by atoms with Gasteiger partial charge in [-0.15, -0.1) is 0 Å². The molecule has 2 aromatic heterocycles. The molecule has 10 heteroatoms. The van der Waals surface area contributed by atoms with Gasteiger partial charge in [0, 0.05) is 35.9 Å². The number of amides is 1. The zero-order valence-electron chi connectivity index (χ0n) is 19.2. The van der Waals surface area contributed by atoms with E-state index in [-0.39, 0.29) is 10.6 Å². The van der Waals surface area contributed by atoms with Gasteiger partial charge in [0.2, 0.25) is 0 Å². The molecule has 2 heterocycles. The molecule has 0 atom stereocenters. The summed E-state index contributed by atoms with van der Waals surface area (Å²) in [7, 11) is 1.69. The van der Waals surface area contributed by atoms with Crippen LogP contribution in [-0.4, -0.2) is 32.6 Å². The Hall–Kier alpha value is -3.37. The van der Waals surface area contributed by atoms with Crippen molar-refractivity contribution in [1.82, 2.24) is 8.94 Å². The predicted molar refractivity (Wildman–Crippen MR) is 135 cm³/mol. The van der Waals surface area contributed by atoms with E-state index in [4.69, 9.17) is 4.74 Å². The number of hydrogen-bond acceptors (Lipinski definition) is 7. The molecule has 8 nitrogen and oxygen atoms in total. The van der Waals surface area contributed by atoms with E-state index in [0.717, 1.165) is 27.2 Å². The highest BCUT2D eigenvalue weighted by Gasteiger charge is 2.21. The largest absolute Gasteiger partial charge is 0.443 e. The number of para-hydroxylation sites is 1. The first-order valence-corrected chi connectivity index (χ1v) is 12.2. The number of benzene rings is 2. The Morgan fingerprint density at radius 1 is 1.24 bits per heavy atom. The van der Waals surface area contributed by atoms with Crippen LogP contribution in [0.4, 0.5) is 16.2 Å². The first-order chi connectivity index (χ1) is 16.1. The number of aromatic nitrogens is 2. The van der Waals surface area contributed by atoms with Crippen LogP contribution in [0.15, 0.2) is 70.0 Å². The van der Waals surface area contributed by atoms with Crippen LogP contribution in [0.1, 0.15) is 26.3 Å². The van der Waals surface area contributed by atoms with Gasteiger partial charge in [-0.1, -0.05) is 30.0 Å². The number of carbonyl (C=O) groups is 1. The van der Waals surface area contributed by atoms with Gasteiger partial charge in [0.05, 0.1) is 21.9 Å². The van der Waals surface area contributed by atoms with E-state index >= 15 is 0 Å². The second-order valence-corrected chi connectivity index (χ2v) is 10.4. The van der Waals surface area contributed by atoms with Crippen molar-refractivity contribution in [2.24, 2.45) is 0 Å². The maximum Gasteiger partial charge on any atom is 0.414 e. The summed E-state index contributed by atoms with van der Waals surface area (Å²) in [6, 6.07) is 14.5. The number of anilines is 1. The molecule has 4 rings (SSSR count). The molecular weight excluding hydrogens is 472 g/mol. The van der Waals surface area contributed by atoms with E-state index in [9.17, 15) is 14.9 Å². The maximum absolute atomic E-state index is 12.5. The number of nitro groups is 1. The van der Waals surface area contributed by atoms with Gasteiger partial charge in [-0.3, -0.25) is 15.0 Å². The molecule has 0 saturated heterocycles. The summed E-state index contributed by atoms with van der Waals surface area (Å²) in [5.74, 6) is 0. The minimum atomic E-state index is -0.580. The zero-order chi connectivity index (χ0) is 24.5. The summed E-state index contributed by atoms with van der Waals surface area (Å²) >= 11 is 2.62. The van der Waals surface area contributed by atoms with Crippen LogP contribution in [0.2, 0.25) is 0 Å². The summed E-state index contributed by atoms with van der Waals surface area (Å²) in [6.45, 7) is 6.05. The second-order valence-electron chi connectivity index (χ2n) is 8.70. The van der Waals surface area contributed by atoms with Crippen LogP contribution in [0.5, 0.6) is 0 Å². The molecule has 176 valence electrons. The zero-order valence-corrected chi connectivity index (χ0v) is 20.9. The van der Waals surface area contributed by atoms with Gasteiger partial charge in [0.25, 0.3) is 5.69 Å². The highest BCUT2D eigenvalue weighted by atomic mass is 32.2. The average Bonchev–Trinajstić information content (AvgIpc) is 3.39. The molecular formula is C24H24N4O4S2. The Balaban J connectivity index is 1.60. The minimum Gasteiger partial charge on any atom is -0.443 e. The first kappa shape index (κ1) is 23.8. The molecule has 0 aliphatic heterocycles. The molecule has 0 aliphatic carbocycles. The molecule has 0 bridgehead atoms. The third-order valence-electron chi connectivity index (χ3n) is 5.03. The van der Waals surface area contributed by atoms with Gasteiger partial charge in [0.1, 0.15) is 10.6 Å². The van der Waals surface area contributed by atoms with Crippen molar-refractivity contribution in [1.29, 1.82) is 0 Å². The number of carbonyl (C=O) groups excluding carboxylic acids is 1. The van der Waals surface area contributed by atoms with E-state index < -0.39 is 11.7 Å². The molecule has 0 fully saturated rings. The van der Waals surface area contributed by atoms with Gasteiger partial charge in [-0.2, -0.15) is 4.37 Å². The van der Waals surface area contributed by atoms with E-state index in [1.165, 1.54) is 34.3 Å². The lowest BCUT2D eigenvalue weighted by atomic mass is 10.2. The molecule has 34 heavy (non-hydrogen) atoms. The third kappa shape index (κ3) is 5.23. The van der Waals surface area contributed by atoms with Crippen molar-refractivity contribution < 1.29 is 14.5 Å². The number of hydrogen-bond donors (Lipinski definition) is 0. The van der Waals surface area contributed by atoms with Gasteiger partial charge in [0.15, 0.2) is 0 Å². The Morgan fingerprint density at radius 2 is 2.00 bits per heavy atom. The number of nitrogens with zero attached hydrogens (tertiary/aromatic N) is 4. The topological polar surface area (TPSA) is 90.5 Å². The van der Waals surface area contributed by atoms with E-state index in [0.29, 0.717) is 11.4 Å². The van der Waals surface area contributed by atoms with Crippen LogP contribution in [0.3, 0.4) is 0 Å². The number of nitro benzene ring substituents is 1. The molecule has 0 unspecified atom stereocenters. The summed E-state index contributed by atoms with van der Waals surface area (Å²) in [5, 5.41) is 15.1. The van der Waals surface area contributed by atoms with Crippen LogP contribution >= 0.6 is 23.3 Å². The Bertz CT molecular complexity index is 1360. The van der Waals surface area contributed by atoms with Crippen molar-refractivity contribution in [3.8, 4) is 0 Å². The van der Waals surface area contributed by atoms with Crippen LogP contribution in [0.25, 0.3) is 10.9 Å². The summed E-state index contributed by atoms with van der Waals surface area (Å²) in [4.78, 5) is 25.6. The van der Waals surface area contributed by atoms with Crippen molar-refractivity contribution in [3.05, 3.63) is 75.8 Å². The van der Waals surface area contributed by atoms with Crippen LogP contribution in [0, 0.1) is 10.1 Å². The third-order valence-corrected chi connectivity index (χ3v) is 6.93. The van der Waals surface area contributed by atoms with Gasteiger partial charge < -0.3 is 9.30 Å². The Morgan fingerprint density at radius 3 is 2.74 bits per heavy atom. The van der Waals surface area contributed by atoms with Crippen LogP contribution < -0.4 is 4.90 Å². The highest BCUT2D eigenvalue weighted by molar-refractivity contribution is 7.99. The average molecular weight is 497 g/mol. The monoisotopic (exact) mass is 496 g/mol. The summed E-state index contributed by atoms with van der Waals surface area (Å²) in [5.41, 5.74) is 2.13. The smallest absolute Gasteiger partial charge is 0.414 e. The SMILES string of the molecule is CN(C(=O)OC(C)(C)C)c1ccc2ccn(Cc3csnc3Sc3ccccc3[N+](=O)[O-])c2c1. The second kappa shape index (κ2) is 9.47. The van der Waals surface area contributed by atoms with Crippen molar-refractivity contribution >= 4 is 51.7 Å².